The molecule has 3 N–H and O–H groups in total. The number of aromatic amines is 1. The van der Waals surface area contributed by atoms with Gasteiger partial charge in [-0.05, 0) is 55.9 Å². The molecule has 1 aliphatic heterocycles. The minimum absolute atomic E-state index is 0.0564. The molecule has 2 atom stereocenters. The van der Waals surface area contributed by atoms with E-state index in [0.717, 1.165) is 48.9 Å². The van der Waals surface area contributed by atoms with Crippen molar-refractivity contribution in [2.24, 2.45) is 5.92 Å². The maximum Gasteiger partial charge on any atom is 0.243 e. The highest BCUT2D eigenvalue weighted by Gasteiger charge is 2.37. The van der Waals surface area contributed by atoms with Crippen LogP contribution in [0.4, 0.5) is 15.8 Å². The van der Waals surface area contributed by atoms with Crippen LogP contribution in [0.2, 0.25) is 5.02 Å². The van der Waals surface area contributed by atoms with Crippen molar-refractivity contribution < 1.29 is 9.18 Å². The number of rotatable bonds is 6. The molecule has 1 saturated carbocycles. The zero-order valence-electron chi connectivity index (χ0n) is 17.9. The van der Waals surface area contributed by atoms with Gasteiger partial charge in [0.2, 0.25) is 5.91 Å². The SMILES string of the molecule is N#Cc1cnc2[nH]ccc2c1N1CCC[C@@H](NC(=O)[C@H](Nc2cc(F)cc(Cl)c2)C2CC2)C1. The van der Waals surface area contributed by atoms with E-state index in [-0.39, 0.29) is 22.9 Å². The Bertz CT molecular complexity index is 1210. The quantitative estimate of drug-likeness (QED) is 0.506. The second kappa shape index (κ2) is 8.91. The number of H-pyrrole nitrogens is 1. The fourth-order valence-electron chi connectivity index (χ4n) is 4.65. The summed E-state index contributed by atoms with van der Waals surface area (Å²) >= 11 is 5.98. The summed E-state index contributed by atoms with van der Waals surface area (Å²) < 4.78 is 13.8. The van der Waals surface area contributed by atoms with Crippen LogP contribution in [0.3, 0.4) is 0 Å². The first kappa shape index (κ1) is 21.5. The van der Waals surface area contributed by atoms with Crippen LogP contribution in [0.25, 0.3) is 11.0 Å². The number of piperidine rings is 1. The van der Waals surface area contributed by atoms with Gasteiger partial charge >= 0.3 is 0 Å². The molecular formula is C24H24ClFN6O. The average Bonchev–Trinajstić information content (AvgIpc) is 3.52. The third-order valence-corrected chi connectivity index (χ3v) is 6.54. The number of halogens is 2. The lowest BCUT2D eigenvalue weighted by molar-refractivity contribution is -0.123. The first-order valence-electron chi connectivity index (χ1n) is 11.2. The zero-order chi connectivity index (χ0) is 22.9. The second-order valence-electron chi connectivity index (χ2n) is 8.78. The van der Waals surface area contributed by atoms with E-state index in [2.05, 4.69) is 31.6 Å². The number of nitriles is 1. The highest BCUT2D eigenvalue weighted by atomic mass is 35.5. The molecule has 2 aromatic heterocycles. The number of fused-ring (bicyclic) bond motifs is 1. The minimum Gasteiger partial charge on any atom is -0.373 e. The van der Waals surface area contributed by atoms with Gasteiger partial charge in [0.1, 0.15) is 23.6 Å². The van der Waals surface area contributed by atoms with Gasteiger partial charge in [-0.15, -0.1) is 0 Å². The molecular weight excluding hydrogens is 443 g/mol. The van der Waals surface area contributed by atoms with Crippen LogP contribution in [0, 0.1) is 23.1 Å². The Morgan fingerprint density at radius 2 is 2.18 bits per heavy atom. The van der Waals surface area contributed by atoms with E-state index in [4.69, 9.17) is 11.6 Å². The lowest BCUT2D eigenvalue weighted by Crippen LogP contribution is -2.52. The maximum atomic E-state index is 13.8. The van der Waals surface area contributed by atoms with Crippen LogP contribution in [0.5, 0.6) is 0 Å². The second-order valence-corrected chi connectivity index (χ2v) is 9.22. The summed E-state index contributed by atoms with van der Waals surface area (Å²) in [5.74, 6) is -0.312. The number of carbonyl (C=O) groups excluding carboxylic acids is 1. The number of benzene rings is 1. The molecule has 0 spiro atoms. The molecule has 1 saturated heterocycles. The lowest BCUT2D eigenvalue weighted by atomic mass is 10.0. The van der Waals surface area contributed by atoms with Crippen molar-refractivity contribution in [1.29, 1.82) is 5.26 Å². The van der Waals surface area contributed by atoms with Crippen molar-refractivity contribution in [3.63, 3.8) is 0 Å². The Kier molecular flexibility index (Phi) is 5.81. The van der Waals surface area contributed by atoms with E-state index >= 15 is 0 Å². The molecule has 3 aromatic rings. The van der Waals surface area contributed by atoms with Gasteiger partial charge in [0.15, 0.2) is 0 Å². The number of amides is 1. The van der Waals surface area contributed by atoms with Crippen molar-refractivity contribution in [2.75, 3.05) is 23.3 Å². The monoisotopic (exact) mass is 466 g/mol. The maximum absolute atomic E-state index is 13.8. The van der Waals surface area contributed by atoms with Crippen LogP contribution in [0.15, 0.2) is 36.7 Å². The van der Waals surface area contributed by atoms with Crippen LogP contribution >= 0.6 is 11.6 Å². The van der Waals surface area contributed by atoms with Crippen LogP contribution in [0.1, 0.15) is 31.2 Å². The summed E-state index contributed by atoms with van der Waals surface area (Å²) in [7, 11) is 0. The smallest absolute Gasteiger partial charge is 0.243 e. The van der Waals surface area contributed by atoms with E-state index < -0.39 is 11.9 Å². The highest BCUT2D eigenvalue weighted by molar-refractivity contribution is 6.30. The molecule has 3 heterocycles. The molecule has 1 amide bonds. The van der Waals surface area contributed by atoms with Crippen LogP contribution in [-0.2, 0) is 4.79 Å². The Balaban J connectivity index is 1.32. The van der Waals surface area contributed by atoms with Gasteiger partial charge in [0.05, 0.1) is 11.3 Å². The predicted octanol–water partition coefficient (Wildman–Crippen LogP) is 4.20. The normalized spacial score (nSPS) is 19.2. The summed E-state index contributed by atoms with van der Waals surface area (Å²) in [4.78, 5) is 22.8. The van der Waals surface area contributed by atoms with E-state index in [1.807, 2.05) is 12.3 Å². The van der Waals surface area contributed by atoms with Crippen molar-refractivity contribution in [1.82, 2.24) is 15.3 Å². The first-order chi connectivity index (χ1) is 16.0. The molecule has 33 heavy (non-hydrogen) atoms. The molecule has 170 valence electrons. The predicted molar refractivity (Wildman–Crippen MR) is 126 cm³/mol. The van der Waals surface area contributed by atoms with Gasteiger partial charge in [-0.1, -0.05) is 11.6 Å². The lowest BCUT2D eigenvalue weighted by Gasteiger charge is -2.36. The van der Waals surface area contributed by atoms with Crippen molar-refractivity contribution in [3.8, 4) is 6.07 Å². The highest BCUT2D eigenvalue weighted by Crippen LogP contribution is 2.35. The van der Waals surface area contributed by atoms with Gasteiger partial charge in [-0.25, -0.2) is 9.37 Å². The summed E-state index contributed by atoms with van der Waals surface area (Å²) in [6.07, 6.45) is 7.07. The summed E-state index contributed by atoms with van der Waals surface area (Å²) in [6.45, 7) is 1.41. The number of nitrogens with one attached hydrogen (secondary N) is 3. The molecule has 0 bridgehead atoms. The number of nitrogens with zero attached hydrogens (tertiary/aromatic N) is 3. The van der Waals surface area contributed by atoms with E-state index in [1.54, 1.807) is 12.3 Å². The molecule has 2 fully saturated rings. The zero-order valence-corrected chi connectivity index (χ0v) is 18.7. The molecule has 7 nitrogen and oxygen atoms in total. The number of hydrogen-bond acceptors (Lipinski definition) is 5. The summed E-state index contributed by atoms with van der Waals surface area (Å²) in [5.41, 5.74) is 2.62. The molecule has 2 aliphatic rings. The Morgan fingerprint density at radius 1 is 1.33 bits per heavy atom. The standard InChI is InChI=1S/C24H24ClFN6O/c25-16-8-17(26)10-19(9-16)30-21(14-3-4-14)24(33)31-18-2-1-7-32(13-18)22-15(11-27)12-29-23-20(22)5-6-28-23/h5-6,8-10,12,14,18,21,30H,1-4,7,13H2,(H,28,29)(H,31,33)/t18-,21-/m1/s1. The van der Waals surface area contributed by atoms with Crippen molar-refractivity contribution in [3.05, 3.63) is 53.1 Å². The number of carbonyl (C=O) groups is 1. The third-order valence-electron chi connectivity index (χ3n) is 6.32. The van der Waals surface area contributed by atoms with E-state index in [1.165, 1.54) is 12.1 Å². The summed E-state index contributed by atoms with van der Waals surface area (Å²) in [5, 5.41) is 17.2. The largest absolute Gasteiger partial charge is 0.373 e. The van der Waals surface area contributed by atoms with Gasteiger partial charge in [0.25, 0.3) is 0 Å². The van der Waals surface area contributed by atoms with Crippen molar-refractivity contribution in [2.45, 2.75) is 37.8 Å². The third kappa shape index (κ3) is 4.60. The molecule has 0 radical (unpaired) electrons. The topological polar surface area (TPSA) is 96.8 Å². The van der Waals surface area contributed by atoms with Crippen LogP contribution < -0.4 is 15.5 Å². The Hall–Kier alpha value is -3.31. The van der Waals surface area contributed by atoms with Gasteiger partial charge < -0.3 is 20.5 Å². The first-order valence-corrected chi connectivity index (χ1v) is 11.5. The van der Waals surface area contributed by atoms with E-state index in [0.29, 0.717) is 17.8 Å². The summed E-state index contributed by atoms with van der Waals surface area (Å²) in [6, 6.07) is 7.91. The number of anilines is 2. The Morgan fingerprint density at radius 3 is 2.94 bits per heavy atom. The van der Waals surface area contributed by atoms with Gasteiger partial charge in [-0.3, -0.25) is 4.79 Å². The van der Waals surface area contributed by atoms with E-state index in [9.17, 15) is 14.4 Å². The number of aromatic nitrogens is 2. The molecule has 5 rings (SSSR count). The molecule has 9 heteroatoms. The average molecular weight is 467 g/mol. The Labute approximate surface area is 195 Å². The van der Waals surface area contributed by atoms with Crippen LogP contribution in [-0.4, -0.2) is 41.0 Å². The van der Waals surface area contributed by atoms with Gasteiger partial charge in [0, 0.05) is 47.6 Å². The van der Waals surface area contributed by atoms with Gasteiger partial charge in [-0.2, -0.15) is 5.26 Å². The van der Waals surface area contributed by atoms with Crippen molar-refractivity contribution >= 4 is 39.9 Å². The minimum atomic E-state index is -0.440. The number of pyridine rings is 1. The fourth-order valence-corrected chi connectivity index (χ4v) is 4.87. The molecule has 1 aromatic carbocycles. The fraction of sp³-hybridized carbons (Fsp3) is 0.375. The molecule has 0 unspecified atom stereocenters. The number of hydrogen-bond donors (Lipinski definition) is 3. The molecule has 1 aliphatic carbocycles.